The average Bonchev–Trinajstić information content (AvgIpc) is 2.37. The number of nitro benzene ring substituents is 1. The van der Waals surface area contributed by atoms with Crippen molar-refractivity contribution in [1.29, 1.82) is 0 Å². The highest BCUT2D eigenvalue weighted by atomic mass is 32.2. The van der Waals surface area contributed by atoms with Crippen LogP contribution in [0.25, 0.3) is 0 Å². The highest BCUT2D eigenvalue weighted by molar-refractivity contribution is 8.04. The van der Waals surface area contributed by atoms with Gasteiger partial charge in [-0.3, -0.25) is 10.1 Å². The maximum atomic E-state index is 11.6. The van der Waals surface area contributed by atoms with Crippen LogP contribution in [0.4, 0.5) is 11.4 Å². The molecule has 0 spiro atoms. The Morgan fingerprint density at radius 3 is 2.68 bits per heavy atom. The first-order valence-corrected chi connectivity index (χ1v) is 6.28. The number of benzene rings is 1. The predicted molar refractivity (Wildman–Crippen MR) is 72.0 cm³/mol. The number of methoxy groups -OCH3 is 1. The molecule has 100 valence electrons. The topological polar surface area (TPSA) is 81.5 Å². The molecule has 0 bridgehead atoms. The number of carbonyl (C=O) groups excluding carboxylic acids is 1. The van der Waals surface area contributed by atoms with Crippen molar-refractivity contribution in [2.75, 3.05) is 12.4 Å². The molecule has 1 aliphatic heterocycles. The van der Waals surface area contributed by atoms with Gasteiger partial charge in [-0.25, -0.2) is 4.79 Å². The molecule has 1 N–H and O–H groups in total. The summed E-state index contributed by atoms with van der Waals surface area (Å²) in [6.45, 7) is 3.55. The predicted octanol–water partition coefficient (Wildman–Crippen LogP) is 2.83. The summed E-state index contributed by atoms with van der Waals surface area (Å²) in [4.78, 5) is 23.1. The molecule has 7 heteroatoms. The normalized spacial score (nSPS) is 13.6. The Hall–Kier alpha value is -2.02. The minimum atomic E-state index is -0.454. The van der Waals surface area contributed by atoms with E-state index in [-0.39, 0.29) is 5.69 Å². The van der Waals surface area contributed by atoms with Crippen molar-refractivity contribution in [2.45, 2.75) is 18.7 Å². The van der Waals surface area contributed by atoms with Gasteiger partial charge in [0.05, 0.1) is 17.7 Å². The van der Waals surface area contributed by atoms with Crippen LogP contribution in [0.15, 0.2) is 27.6 Å². The number of rotatable bonds is 2. The number of nitro groups is 1. The molecule has 19 heavy (non-hydrogen) atoms. The molecule has 0 amide bonds. The number of non-ortho nitro benzene ring substituents is 1. The van der Waals surface area contributed by atoms with Crippen LogP contribution >= 0.6 is 11.8 Å². The van der Waals surface area contributed by atoms with Gasteiger partial charge in [-0.05, 0) is 19.4 Å². The van der Waals surface area contributed by atoms with Crippen molar-refractivity contribution in [3.05, 3.63) is 38.4 Å². The van der Waals surface area contributed by atoms with E-state index in [4.69, 9.17) is 4.74 Å². The van der Waals surface area contributed by atoms with E-state index in [0.29, 0.717) is 15.5 Å². The fourth-order valence-corrected chi connectivity index (χ4v) is 2.89. The van der Waals surface area contributed by atoms with Gasteiger partial charge in [0, 0.05) is 22.7 Å². The molecule has 0 saturated heterocycles. The number of hydrogen-bond donors (Lipinski definition) is 1. The second kappa shape index (κ2) is 4.93. The Morgan fingerprint density at radius 2 is 2.11 bits per heavy atom. The lowest BCUT2D eigenvalue weighted by Crippen LogP contribution is -2.13. The molecule has 0 aromatic heterocycles. The van der Waals surface area contributed by atoms with Gasteiger partial charge in [0.2, 0.25) is 0 Å². The number of esters is 1. The van der Waals surface area contributed by atoms with E-state index in [1.807, 2.05) is 0 Å². The largest absolute Gasteiger partial charge is 0.465 e. The summed E-state index contributed by atoms with van der Waals surface area (Å²) in [6.07, 6.45) is 0. The zero-order valence-corrected chi connectivity index (χ0v) is 11.5. The second-order valence-electron chi connectivity index (χ2n) is 4.07. The van der Waals surface area contributed by atoms with E-state index < -0.39 is 10.9 Å². The molecule has 1 aromatic carbocycles. The molecule has 0 aliphatic carbocycles. The van der Waals surface area contributed by atoms with Crippen LogP contribution in [0.5, 0.6) is 0 Å². The Labute approximate surface area is 114 Å². The molecule has 2 rings (SSSR count). The third kappa shape index (κ3) is 2.41. The highest BCUT2D eigenvalue weighted by Crippen LogP contribution is 2.43. The SMILES string of the molecule is COC(=O)C1=C(C)Nc2c(C)cc([N+](=O)[O-])cc2S1. The summed E-state index contributed by atoms with van der Waals surface area (Å²) in [5.41, 5.74) is 2.25. The number of nitrogens with one attached hydrogen (secondary N) is 1. The van der Waals surface area contributed by atoms with Gasteiger partial charge in [0.1, 0.15) is 4.91 Å². The molecule has 1 heterocycles. The van der Waals surface area contributed by atoms with Gasteiger partial charge < -0.3 is 10.1 Å². The fraction of sp³-hybridized carbons (Fsp3) is 0.250. The number of aryl methyl sites for hydroxylation is 1. The summed E-state index contributed by atoms with van der Waals surface area (Å²) in [5, 5.41) is 13.9. The summed E-state index contributed by atoms with van der Waals surface area (Å²) in [5.74, 6) is -0.454. The first-order valence-electron chi connectivity index (χ1n) is 5.47. The lowest BCUT2D eigenvalue weighted by molar-refractivity contribution is -0.385. The Morgan fingerprint density at radius 1 is 1.42 bits per heavy atom. The zero-order valence-electron chi connectivity index (χ0n) is 10.6. The van der Waals surface area contributed by atoms with E-state index in [1.165, 1.54) is 31.0 Å². The van der Waals surface area contributed by atoms with E-state index in [2.05, 4.69) is 5.32 Å². The summed E-state index contributed by atoms with van der Waals surface area (Å²) in [6, 6.07) is 2.96. The van der Waals surface area contributed by atoms with E-state index in [0.717, 1.165) is 11.3 Å². The van der Waals surface area contributed by atoms with Crippen molar-refractivity contribution in [2.24, 2.45) is 0 Å². The van der Waals surface area contributed by atoms with E-state index in [9.17, 15) is 14.9 Å². The number of hydrogen-bond acceptors (Lipinski definition) is 6. The highest BCUT2D eigenvalue weighted by Gasteiger charge is 2.25. The Bertz CT molecular complexity index is 610. The number of fused-ring (bicyclic) bond motifs is 1. The van der Waals surface area contributed by atoms with E-state index >= 15 is 0 Å². The minimum absolute atomic E-state index is 0.00863. The Balaban J connectivity index is 2.48. The smallest absolute Gasteiger partial charge is 0.346 e. The van der Waals surface area contributed by atoms with Gasteiger partial charge in [-0.15, -0.1) is 0 Å². The van der Waals surface area contributed by atoms with E-state index in [1.54, 1.807) is 13.8 Å². The molecule has 0 saturated carbocycles. The van der Waals surface area contributed by atoms with Crippen molar-refractivity contribution < 1.29 is 14.5 Å². The fourth-order valence-electron chi connectivity index (χ4n) is 1.80. The molecule has 1 aromatic rings. The van der Waals surface area contributed by atoms with Crippen LogP contribution in [0.1, 0.15) is 12.5 Å². The molecule has 1 aliphatic rings. The number of nitrogens with zero attached hydrogens (tertiary/aromatic N) is 1. The molecular weight excluding hydrogens is 268 g/mol. The molecule has 0 atom stereocenters. The number of thioether (sulfide) groups is 1. The third-order valence-electron chi connectivity index (χ3n) is 2.73. The summed E-state index contributed by atoms with van der Waals surface area (Å²) >= 11 is 1.18. The van der Waals surface area contributed by atoms with Gasteiger partial charge in [0.25, 0.3) is 5.69 Å². The van der Waals surface area contributed by atoms with Gasteiger partial charge >= 0.3 is 5.97 Å². The molecule has 6 nitrogen and oxygen atoms in total. The first kappa shape index (κ1) is 13.4. The molecule has 0 unspecified atom stereocenters. The molecule has 0 fully saturated rings. The lowest BCUT2D eigenvalue weighted by Gasteiger charge is -2.22. The number of ether oxygens (including phenoxy) is 1. The van der Waals surface area contributed by atoms with Crippen molar-refractivity contribution >= 4 is 29.1 Å². The summed E-state index contributed by atoms with van der Waals surface area (Å²) < 4.78 is 4.69. The molecular formula is C12H12N2O4S. The van der Waals surface area contributed by atoms with Gasteiger partial charge in [0.15, 0.2) is 0 Å². The second-order valence-corrected chi connectivity index (χ2v) is 5.12. The standard InChI is InChI=1S/C12H12N2O4S/c1-6-4-8(14(16)17)5-9-10(6)13-7(2)11(19-9)12(15)18-3/h4-5,13H,1-3H3. The first-order chi connectivity index (χ1) is 8.93. The van der Waals surface area contributed by atoms with Crippen molar-refractivity contribution in [1.82, 2.24) is 0 Å². The van der Waals surface area contributed by atoms with Crippen LogP contribution in [-0.2, 0) is 9.53 Å². The van der Waals surface area contributed by atoms with Crippen LogP contribution in [0.2, 0.25) is 0 Å². The van der Waals surface area contributed by atoms with Crippen LogP contribution in [0.3, 0.4) is 0 Å². The maximum Gasteiger partial charge on any atom is 0.346 e. The zero-order chi connectivity index (χ0) is 14.2. The number of allylic oxidation sites excluding steroid dienone is 1. The summed E-state index contributed by atoms with van der Waals surface area (Å²) in [7, 11) is 1.30. The Kier molecular flexibility index (Phi) is 3.48. The lowest BCUT2D eigenvalue weighted by atomic mass is 10.1. The van der Waals surface area contributed by atoms with Gasteiger partial charge in [-0.1, -0.05) is 11.8 Å². The number of anilines is 1. The number of carbonyl (C=O) groups is 1. The van der Waals surface area contributed by atoms with Crippen LogP contribution in [-0.4, -0.2) is 18.0 Å². The van der Waals surface area contributed by atoms with Gasteiger partial charge in [-0.2, -0.15) is 0 Å². The van der Waals surface area contributed by atoms with Crippen LogP contribution in [0, 0.1) is 17.0 Å². The minimum Gasteiger partial charge on any atom is -0.465 e. The average molecular weight is 280 g/mol. The monoisotopic (exact) mass is 280 g/mol. The van der Waals surface area contributed by atoms with Crippen LogP contribution < -0.4 is 5.32 Å². The third-order valence-corrected chi connectivity index (χ3v) is 3.95. The maximum absolute atomic E-state index is 11.6. The quantitative estimate of drug-likeness (QED) is 0.509. The van der Waals surface area contributed by atoms with Crippen molar-refractivity contribution in [3.63, 3.8) is 0 Å². The molecule has 0 radical (unpaired) electrons. The van der Waals surface area contributed by atoms with Crippen molar-refractivity contribution in [3.8, 4) is 0 Å².